The van der Waals surface area contributed by atoms with Gasteiger partial charge in [-0.2, -0.15) is 0 Å². The molecule has 19 heavy (non-hydrogen) atoms. The number of phenolic OH excluding ortho intramolecular Hbond substituents is 1. The zero-order valence-corrected chi connectivity index (χ0v) is 10.5. The zero-order valence-electron chi connectivity index (χ0n) is 10.5. The van der Waals surface area contributed by atoms with E-state index in [1.807, 2.05) is 0 Å². The Bertz CT molecular complexity index is 508. The molecule has 1 aromatic carbocycles. The van der Waals surface area contributed by atoms with Gasteiger partial charge in [0.05, 0.1) is 13.5 Å². The Labute approximate surface area is 110 Å². The van der Waals surface area contributed by atoms with Crippen LogP contribution < -0.4 is 4.74 Å². The van der Waals surface area contributed by atoms with Gasteiger partial charge in [0.1, 0.15) is 0 Å². The SMILES string of the molecule is COc1ccc(C(=O)N2CC(CC(=O)O)C2)cc1O. The number of hydrogen-bond donors (Lipinski definition) is 2. The van der Waals surface area contributed by atoms with E-state index in [4.69, 9.17) is 9.84 Å². The third-order valence-electron chi connectivity index (χ3n) is 3.13. The van der Waals surface area contributed by atoms with Crippen molar-refractivity contribution in [3.05, 3.63) is 23.8 Å². The number of ether oxygens (including phenoxy) is 1. The lowest BCUT2D eigenvalue weighted by Crippen LogP contribution is -2.50. The second-order valence-corrected chi connectivity index (χ2v) is 4.56. The normalized spacial score (nSPS) is 14.9. The first-order valence-electron chi connectivity index (χ1n) is 5.89. The highest BCUT2D eigenvalue weighted by atomic mass is 16.5. The third kappa shape index (κ3) is 2.78. The number of methoxy groups -OCH3 is 1. The molecule has 0 spiro atoms. The summed E-state index contributed by atoms with van der Waals surface area (Å²) in [6.07, 6.45) is 0.0810. The lowest BCUT2D eigenvalue weighted by molar-refractivity contribution is -0.139. The number of carbonyl (C=O) groups excluding carboxylic acids is 1. The van der Waals surface area contributed by atoms with Gasteiger partial charge in [0.15, 0.2) is 11.5 Å². The molecular weight excluding hydrogens is 250 g/mol. The van der Waals surface area contributed by atoms with Crippen LogP contribution in [-0.4, -0.2) is 47.2 Å². The fourth-order valence-electron chi connectivity index (χ4n) is 2.12. The highest BCUT2D eigenvalue weighted by molar-refractivity contribution is 5.95. The minimum absolute atomic E-state index is 0.0216. The molecule has 2 rings (SSSR count). The summed E-state index contributed by atoms with van der Waals surface area (Å²) in [4.78, 5) is 24.1. The van der Waals surface area contributed by atoms with E-state index < -0.39 is 5.97 Å². The molecule has 1 amide bonds. The number of nitrogens with zero attached hydrogens (tertiary/aromatic N) is 1. The van der Waals surface area contributed by atoms with Crippen LogP contribution in [0.5, 0.6) is 11.5 Å². The van der Waals surface area contributed by atoms with Gasteiger partial charge in [-0.25, -0.2) is 0 Å². The molecule has 1 aromatic rings. The van der Waals surface area contributed by atoms with Crippen molar-refractivity contribution in [2.45, 2.75) is 6.42 Å². The molecule has 1 fully saturated rings. The topological polar surface area (TPSA) is 87.1 Å². The van der Waals surface area contributed by atoms with Crippen LogP contribution in [0.15, 0.2) is 18.2 Å². The van der Waals surface area contributed by atoms with Gasteiger partial charge < -0.3 is 19.8 Å². The molecule has 0 atom stereocenters. The first-order valence-corrected chi connectivity index (χ1v) is 5.89. The van der Waals surface area contributed by atoms with Crippen molar-refractivity contribution >= 4 is 11.9 Å². The summed E-state index contributed by atoms with van der Waals surface area (Å²) in [5.41, 5.74) is 0.368. The molecule has 102 valence electrons. The Morgan fingerprint density at radius 3 is 2.63 bits per heavy atom. The molecule has 0 saturated carbocycles. The Morgan fingerprint density at radius 2 is 2.11 bits per heavy atom. The van der Waals surface area contributed by atoms with Crippen LogP contribution in [0.4, 0.5) is 0 Å². The van der Waals surface area contributed by atoms with Gasteiger partial charge in [-0.05, 0) is 18.2 Å². The highest BCUT2D eigenvalue weighted by Gasteiger charge is 2.32. The third-order valence-corrected chi connectivity index (χ3v) is 3.13. The van der Waals surface area contributed by atoms with Crippen LogP contribution in [0.25, 0.3) is 0 Å². The van der Waals surface area contributed by atoms with Gasteiger partial charge in [-0.1, -0.05) is 0 Å². The molecule has 0 bridgehead atoms. The van der Waals surface area contributed by atoms with Crippen molar-refractivity contribution in [3.63, 3.8) is 0 Å². The van der Waals surface area contributed by atoms with E-state index in [-0.39, 0.29) is 24.0 Å². The molecule has 0 aromatic heterocycles. The molecular formula is C13H15NO5. The maximum atomic E-state index is 12.0. The number of aliphatic carboxylic acids is 1. The van der Waals surface area contributed by atoms with Crippen LogP contribution in [0, 0.1) is 5.92 Å². The molecule has 1 aliphatic rings. The van der Waals surface area contributed by atoms with Gasteiger partial charge >= 0.3 is 5.97 Å². The molecule has 6 heteroatoms. The monoisotopic (exact) mass is 265 g/mol. The van der Waals surface area contributed by atoms with E-state index in [9.17, 15) is 14.7 Å². The number of phenols is 1. The maximum Gasteiger partial charge on any atom is 0.303 e. The van der Waals surface area contributed by atoms with Crippen LogP contribution in [0.1, 0.15) is 16.8 Å². The average molecular weight is 265 g/mol. The predicted octanol–water partition coefficient (Wildman–Crippen LogP) is 0.948. The van der Waals surface area contributed by atoms with Crippen molar-refractivity contribution in [3.8, 4) is 11.5 Å². The molecule has 1 aliphatic heterocycles. The summed E-state index contributed by atoms with van der Waals surface area (Å²) in [7, 11) is 1.43. The zero-order chi connectivity index (χ0) is 14.0. The Hall–Kier alpha value is -2.24. The number of carboxylic acid groups (broad SMARTS) is 1. The molecule has 0 radical (unpaired) electrons. The standard InChI is InChI=1S/C13H15NO5/c1-19-11-3-2-9(5-10(11)15)13(18)14-6-8(7-14)4-12(16)17/h2-3,5,8,15H,4,6-7H2,1H3,(H,16,17). The Kier molecular flexibility index (Phi) is 3.59. The summed E-state index contributed by atoms with van der Waals surface area (Å²) < 4.78 is 4.90. The van der Waals surface area contributed by atoms with Crippen LogP contribution in [-0.2, 0) is 4.79 Å². The lowest BCUT2D eigenvalue weighted by Gasteiger charge is -2.38. The van der Waals surface area contributed by atoms with Crippen molar-refractivity contribution < 1.29 is 24.5 Å². The molecule has 0 aliphatic carbocycles. The summed E-state index contributed by atoms with van der Waals surface area (Å²) >= 11 is 0. The van der Waals surface area contributed by atoms with Crippen molar-refractivity contribution in [1.29, 1.82) is 0 Å². The number of amides is 1. The minimum atomic E-state index is -0.848. The van der Waals surface area contributed by atoms with Gasteiger partial charge in [-0.15, -0.1) is 0 Å². The molecule has 1 saturated heterocycles. The molecule has 2 N–H and O–H groups in total. The smallest absolute Gasteiger partial charge is 0.303 e. The molecule has 1 heterocycles. The van der Waals surface area contributed by atoms with Crippen LogP contribution in [0.3, 0.4) is 0 Å². The van der Waals surface area contributed by atoms with Gasteiger partial charge in [0.2, 0.25) is 0 Å². The Balaban J connectivity index is 1.98. The maximum absolute atomic E-state index is 12.0. The van der Waals surface area contributed by atoms with Gasteiger partial charge in [0, 0.05) is 24.6 Å². The second kappa shape index (κ2) is 5.17. The summed E-state index contributed by atoms with van der Waals surface area (Å²) in [5.74, 6) is -0.813. The van der Waals surface area contributed by atoms with Crippen LogP contribution in [0.2, 0.25) is 0 Å². The van der Waals surface area contributed by atoms with E-state index in [1.54, 1.807) is 11.0 Å². The molecule has 0 unspecified atom stereocenters. The molecule has 6 nitrogen and oxygen atoms in total. The van der Waals surface area contributed by atoms with E-state index >= 15 is 0 Å². The summed E-state index contributed by atoms with van der Waals surface area (Å²) in [6.45, 7) is 0.885. The van der Waals surface area contributed by atoms with Gasteiger partial charge in [0.25, 0.3) is 5.91 Å². The minimum Gasteiger partial charge on any atom is -0.504 e. The number of carbonyl (C=O) groups is 2. The fraction of sp³-hybridized carbons (Fsp3) is 0.385. The number of benzene rings is 1. The number of likely N-dealkylation sites (tertiary alicyclic amines) is 1. The number of carboxylic acids is 1. The lowest BCUT2D eigenvalue weighted by atomic mass is 9.95. The van der Waals surface area contributed by atoms with E-state index in [1.165, 1.54) is 19.2 Å². The first kappa shape index (κ1) is 13.2. The van der Waals surface area contributed by atoms with E-state index in [2.05, 4.69) is 0 Å². The van der Waals surface area contributed by atoms with E-state index in [0.29, 0.717) is 24.4 Å². The largest absolute Gasteiger partial charge is 0.504 e. The predicted molar refractivity (Wildman–Crippen MR) is 66.3 cm³/mol. The van der Waals surface area contributed by atoms with Gasteiger partial charge in [-0.3, -0.25) is 9.59 Å². The number of aromatic hydroxyl groups is 1. The quantitative estimate of drug-likeness (QED) is 0.846. The average Bonchev–Trinajstić information content (AvgIpc) is 2.32. The van der Waals surface area contributed by atoms with Crippen molar-refractivity contribution in [2.75, 3.05) is 20.2 Å². The summed E-state index contributed by atoms with van der Waals surface area (Å²) in [6, 6.07) is 4.45. The van der Waals surface area contributed by atoms with Crippen molar-refractivity contribution in [2.24, 2.45) is 5.92 Å². The van der Waals surface area contributed by atoms with Crippen molar-refractivity contribution in [1.82, 2.24) is 4.90 Å². The highest BCUT2D eigenvalue weighted by Crippen LogP contribution is 2.28. The second-order valence-electron chi connectivity index (χ2n) is 4.56. The first-order chi connectivity index (χ1) is 9.01. The van der Waals surface area contributed by atoms with Crippen LogP contribution >= 0.6 is 0 Å². The summed E-state index contributed by atoms with van der Waals surface area (Å²) in [5, 5.41) is 18.2. The number of hydrogen-bond acceptors (Lipinski definition) is 4. The van der Waals surface area contributed by atoms with E-state index in [0.717, 1.165) is 0 Å². The fourth-order valence-corrected chi connectivity index (χ4v) is 2.12. The Morgan fingerprint density at radius 1 is 1.42 bits per heavy atom. The number of rotatable bonds is 4.